The molecule has 4 heteroatoms. The molecule has 79 heavy (non-hydrogen) atoms. The predicted molar refractivity (Wildman–Crippen MR) is 334 cm³/mol. The fourth-order valence-electron chi connectivity index (χ4n) is 12.6. The van der Waals surface area contributed by atoms with Crippen LogP contribution in [0, 0.1) is 6.92 Å². The summed E-state index contributed by atoms with van der Waals surface area (Å²) in [5.74, 6) is 0.811. The highest BCUT2D eigenvalue weighted by atomic mass is 16.3. The molecule has 0 aliphatic heterocycles. The van der Waals surface area contributed by atoms with E-state index in [9.17, 15) is 0 Å². The highest BCUT2D eigenvalue weighted by Gasteiger charge is 2.50. The maximum atomic E-state index is 7.33. The molecule has 2 aromatic heterocycles. The van der Waals surface area contributed by atoms with Crippen molar-refractivity contribution in [3.63, 3.8) is 0 Å². The Morgan fingerprint density at radius 1 is 0.405 bits per heavy atom. The Hall–Kier alpha value is -8.73. The molecule has 0 atom stereocenters. The molecule has 12 aromatic rings. The average Bonchev–Trinajstić information content (AvgIpc) is 3.46. The first-order valence-electron chi connectivity index (χ1n) is 27.9. The molecule has 13 rings (SSSR count). The second kappa shape index (κ2) is 18.5. The zero-order valence-electron chi connectivity index (χ0n) is 47.1. The van der Waals surface area contributed by atoms with Gasteiger partial charge in [0.05, 0.1) is 11.1 Å². The largest absolute Gasteiger partial charge is 0.454 e. The molecule has 1 aliphatic rings. The second-order valence-electron chi connectivity index (χ2n) is 24.9. The van der Waals surface area contributed by atoms with Crippen LogP contribution in [0.1, 0.15) is 107 Å². The van der Waals surface area contributed by atoms with Crippen LogP contribution in [0.2, 0.25) is 0 Å². The maximum Gasteiger partial charge on any atom is 0.160 e. The SMILES string of the molecule is Cc1ccc(N(c2ccc(C(C)(C)C)cc2)c2cc3c(c4c2oc2ccccc24)-c2c(c4ccc(N(c5ccc(C(C)(C)C)cc5)c5ccc(C(C)(C)C)cc5)cc4c4ccccc24)C3(c2ccccc2)c2ccccc2)nc1. The molecule has 2 heterocycles. The molecule has 10 aromatic carbocycles. The van der Waals surface area contributed by atoms with Crippen LogP contribution in [0.5, 0.6) is 0 Å². The molecule has 0 amide bonds. The van der Waals surface area contributed by atoms with E-state index in [-0.39, 0.29) is 16.2 Å². The highest BCUT2D eigenvalue weighted by molar-refractivity contribution is 6.27. The third-order valence-electron chi connectivity index (χ3n) is 16.7. The third kappa shape index (κ3) is 8.14. The van der Waals surface area contributed by atoms with Gasteiger partial charge in [0.1, 0.15) is 11.4 Å². The number of anilines is 6. The Labute approximate surface area is 465 Å². The summed E-state index contributed by atoms with van der Waals surface area (Å²) in [5.41, 5.74) is 18.3. The van der Waals surface area contributed by atoms with E-state index < -0.39 is 5.41 Å². The fourth-order valence-corrected chi connectivity index (χ4v) is 12.6. The Morgan fingerprint density at radius 3 is 1.41 bits per heavy atom. The summed E-state index contributed by atoms with van der Waals surface area (Å²) in [6, 6.07) is 81.6. The summed E-state index contributed by atoms with van der Waals surface area (Å²) in [6.45, 7) is 22.6. The van der Waals surface area contributed by atoms with Gasteiger partial charge in [-0.25, -0.2) is 4.98 Å². The number of nitrogens with zero attached hydrogens (tertiary/aromatic N) is 3. The minimum absolute atomic E-state index is 0.0180. The number of benzene rings is 10. The van der Waals surface area contributed by atoms with E-state index in [1.165, 1.54) is 71.6 Å². The number of fused-ring (bicyclic) bond motifs is 12. The van der Waals surface area contributed by atoms with E-state index in [0.717, 1.165) is 61.8 Å². The predicted octanol–water partition coefficient (Wildman–Crippen LogP) is 20.8. The van der Waals surface area contributed by atoms with Gasteiger partial charge in [0.2, 0.25) is 0 Å². The molecule has 4 nitrogen and oxygen atoms in total. The number of para-hydroxylation sites is 1. The van der Waals surface area contributed by atoms with Crippen LogP contribution in [0.4, 0.5) is 34.3 Å². The van der Waals surface area contributed by atoms with Crippen molar-refractivity contribution in [2.24, 2.45) is 0 Å². The summed E-state index contributed by atoms with van der Waals surface area (Å²) in [4.78, 5) is 9.96. The van der Waals surface area contributed by atoms with E-state index in [1.54, 1.807) is 0 Å². The van der Waals surface area contributed by atoms with Crippen molar-refractivity contribution in [1.29, 1.82) is 0 Å². The van der Waals surface area contributed by atoms with Gasteiger partial charge in [0.15, 0.2) is 5.58 Å². The van der Waals surface area contributed by atoms with Crippen molar-refractivity contribution in [2.75, 3.05) is 9.80 Å². The molecular formula is C75H67N3O. The minimum Gasteiger partial charge on any atom is -0.454 e. The fraction of sp³-hybridized carbons (Fsp3) is 0.187. The van der Waals surface area contributed by atoms with Crippen LogP contribution in [-0.4, -0.2) is 4.98 Å². The molecule has 388 valence electrons. The number of aryl methyl sites for hydroxylation is 1. The maximum absolute atomic E-state index is 7.33. The van der Waals surface area contributed by atoms with E-state index >= 15 is 0 Å². The van der Waals surface area contributed by atoms with Crippen LogP contribution in [-0.2, 0) is 21.7 Å². The molecule has 0 saturated heterocycles. The summed E-state index contributed by atoms with van der Waals surface area (Å²) in [5, 5.41) is 6.94. The van der Waals surface area contributed by atoms with Crippen LogP contribution in [0.3, 0.4) is 0 Å². The van der Waals surface area contributed by atoms with Gasteiger partial charge < -0.3 is 9.32 Å². The van der Waals surface area contributed by atoms with Crippen molar-refractivity contribution < 1.29 is 4.42 Å². The quantitative estimate of drug-likeness (QED) is 0.142. The van der Waals surface area contributed by atoms with Crippen molar-refractivity contribution in [2.45, 2.75) is 90.9 Å². The van der Waals surface area contributed by atoms with Crippen LogP contribution >= 0.6 is 0 Å². The van der Waals surface area contributed by atoms with Crippen molar-refractivity contribution in [1.82, 2.24) is 4.98 Å². The molecule has 0 N–H and O–H groups in total. The van der Waals surface area contributed by atoms with Gasteiger partial charge in [0, 0.05) is 39.7 Å². The normalized spacial score (nSPS) is 13.3. The van der Waals surface area contributed by atoms with Crippen molar-refractivity contribution in [3.05, 3.63) is 269 Å². The van der Waals surface area contributed by atoms with E-state index in [2.05, 4.69) is 297 Å². The summed E-state index contributed by atoms with van der Waals surface area (Å²) >= 11 is 0. The monoisotopic (exact) mass is 1030 g/mol. The first kappa shape index (κ1) is 49.8. The number of hydrogen-bond donors (Lipinski definition) is 0. The smallest absolute Gasteiger partial charge is 0.160 e. The minimum atomic E-state index is -0.813. The van der Waals surface area contributed by atoms with Gasteiger partial charge in [-0.05, 0) is 167 Å². The number of aromatic nitrogens is 1. The molecule has 1 aliphatic carbocycles. The molecule has 0 unspecified atom stereocenters. The number of furan rings is 1. The standard InChI is InChI=1S/C75H67N3O/c1-48-29-44-66(76-47-48)78(56-40-34-51(35-41-56)74(8,9)10)64-46-63-69(68-61-27-19-20-28-65(61)79-71(64)68)67-59-26-18-17-25-58(59)62-45-57(42-43-60(62)70(67)75(63,52-21-13-11-14-22-52)53-23-15-12-16-24-53)77(54-36-30-49(31-37-54)72(2,3)4)55-38-32-50(33-39-55)73(5,6)7/h11-47H,1-10H3. The number of hydrogen-bond acceptors (Lipinski definition) is 4. The first-order valence-corrected chi connectivity index (χ1v) is 27.9. The summed E-state index contributed by atoms with van der Waals surface area (Å²) in [7, 11) is 0. The zero-order valence-corrected chi connectivity index (χ0v) is 47.1. The van der Waals surface area contributed by atoms with Gasteiger partial charge in [-0.2, -0.15) is 0 Å². The molecule has 0 saturated carbocycles. The number of pyridine rings is 1. The third-order valence-corrected chi connectivity index (χ3v) is 16.7. The Morgan fingerprint density at radius 2 is 0.886 bits per heavy atom. The zero-order chi connectivity index (χ0) is 54.6. The average molecular weight is 1030 g/mol. The van der Waals surface area contributed by atoms with E-state index in [0.29, 0.717) is 0 Å². The number of rotatable bonds is 8. The van der Waals surface area contributed by atoms with Crippen molar-refractivity contribution >= 4 is 77.7 Å². The Kier molecular flexibility index (Phi) is 11.6. The lowest BCUT2D eigenvalue weighted by Gasteiger charge is -2.36. The molecule has 0 fully saturated rings. The first-order chi connectivity index (χ1) is 38.0. The Bertz CT molecular complexity index is 4170. The van der Waals surface area contributed by atoms with E-state index in [1.807, 2.05) is 6.20 Å². The van der Waals surface area contributed by atoms with Gasteiger partial charge >= 0.3 is 0 Å². The second-order valence-corrected chi connectivity index (χ2v) is 24.9. The van der Waals surface area contributed by atoms with Crippen LogP contribution in [0.15, 0.2) is 229 Å². The van der Waals surface area contributed by atoms with Crippen molar-refractivity contribution in [3.8, 4) is 11.1 Å². The molecule has 0 spiro atoms. The van der Waals surface area contributed by atoms with Crippen LogP contribution in [0.25, 0.3) is 54.6 Å². The summed E-state index contributed by atoms with van der Waals surface area (Å²) in [6.07, 6.45) is 1.97. The topological polar surface area (TPSA) is 32.5 Å². The Balaban J connectivity index is 1.17. The summed E-state index contributed by atoms with van der Waals surface area (Å²) < 4.78 is 7.33. The van der Waals surface area contributed by atoms with Gasteiger partial charge in [-0.1, -0.05) is 214 Å². The van der Waals surface area contributed by atoms with Crippen LogP contribution < -0.4 is 9.80 Å². The molecule has 0 bridgehead atoms. The molecular weight excluding hydrogens is 959 g/mol. The lowest BCUT2D eigenvalue weighted by molar-refractivity contribution is 0.590. The van der Waals surface area contributed by atoms with Gasteiger partial charge in [0.25, 0.3) is 0 Å². The molecule has 0 radical (unpaired) electrons. The lowest BCUT2D eigenvalue weighted by atomic mass is 9.66. The lowest BCUT2D eigenvalue weighted by Crippen LogP contribution is -2.29. The highest BCUT2D eigenvalue weighted by Crippen LogP contribution is 2.64. The van der Waals surface area contributed by atoms with E-state index in [4.69, 9.17) is 9.40 Å². The van der Waals surface area contributed by atoms with Gasteiger partial charge in [-0.3, -0.25) is 4.90 Å². The van der Waals surface area contributed by atoms with Gasteiger partial charge in [-0.15, -0.1) is 0 Å².